The first-order valence-corrected chi connectivity index (χ1v) is 5.74. The lowest BCUT2D eigenvalue weighted by molar-refractivity contribution is 0.367. The zero-order valence-corrected chi connectivity index (χ0v) is 9.92. The lowest BCUT2D eigenvalue weighted by Gasteiger charge is -2.25. The molecule has 0 unspecified atom stereocenters. The molecular weight excluding hydrogens is 202 g/mol. The number of benzene rings is 1. The van der Waals surface area contributed by atoms with Gasteiger partial charge in [0.25, 0.3) is 0 Å². The Kier molecular flexibility index (Phi) is 2.80. The maximum absolute atomic E-state index is 9.78. The molecule has 0 aliphatic heterocycles. The quantitative estimate of drug-likeness (QED) is 0.806. The van der Waals surface area contributed by atoms with Gasteiger partial charge in [0.1, 0.15) is 0 Å². The minimum absolute atomic E-state index is 0.216. The number of hydrogen-bond acceptors (Lipinski definition) is 3. The van der Waals surface area contributed by atoms with E-state index < -0.39 is 0 Å². The SMILES string of the molecule is COc1cc(C2(N)CCCC2)cc(C)c1O. The molecule has 0 spiro atoms. The van der Waals surface area contributed by atoms with Crippen LogP contribution in [0, 0.1) is 6.92 Å². The lowest BCUT2D eigenvalue weighted by Crippen LogP contribution is -2.33. The van der Waals surface area contributed by atoms with Gasteiger partial charge in [0.05, 0.1) is 7.11 Å². The first kappa shape index (κ1) is 11.3. The number of aryl methyl sites for hydroxylation is 1. The van der Waals surface area contributed by atoms with Gasteiger partial charge in [-0.25, -0.2) is 0 Å². The van der Waals surface area contributed by atoms with E-state index in [-0.39, 0.29) is 11.3 Å². The normalized spacial score (nSPS) is 18.7. The summed E-state index contributed by atoms with van der Waals surface area (Å²) in [4.78, 5) is 0. The Labute approximate surface area is 96.2 Å². The maximum Gasteiger partial charge on any atom is 0.161 e. The molecule has 88 valence electrons. The Bertz CT molecular complexity index is 395. The fourth-order valence-corrected chi connectivity index (χ4v) is 2.48. The van der Waals surface area contributed by atoms with Crippen LogP contribution in [0.25, 0.3) is 0 Å². The van der Waals surface area contributed by atoms with Gasteiger partial charge in [0.15, 0.2) is 11.5 Å². The van der Waals surface area contributed by atoms with Crippen molar-refractivity contribution in [3.05, 3.63) is 23.3 Å². The van der Waals surface area contributed by atoms with Crippen LogP contribution in [0.2, 0.25) is 0 Å². The molecule has 1 saturated carbocycles. The van der Waals surface area contributed by atoms with E-state index in [4.69, 9.17) is 10.5 Å². The highest BCUT2D eigenvalue weighted by molar-refractivity contribution is 5.49. The molecule has 16 heavy (non-hydrogen) atoms. The van der Waals surface area contributed by atoms with Crippen LogP contribution < -0.4 is 10.5 Å². The number of phenols is 1. The predicted octanol–water partition coefficient (Wildman–Crippen LogP) is 2.44. The minimum Gasteiger partial charge on any atom is -0.504 e. The number of rotatable bonds is 2. The number of ether oxygens (including phenoxy) is 1. The maximum atomic E-state index is 9.78. The third-order valence-corrected chi connectivity index (χ3v) is 3.56. The number of aromatic hydroxyl groups is 1. The van der Waals surface area contributed by atoms with E-state index in [1.54, 1.807) is 7.11 Å². The molecule has 2 rings (SSSR count). The molecule has 1 aromatic carbocycles. The van der Waals surface area contributed by atoms with Gasteiger partial charge in [-0.2, -0.15) is 0 Å². The fraction of sp³-hybridized carbons (Fsp3) is 0.538. The predicted molar refractivity (Wildman–Crippen MR) is 63.7 cm³/mol. The third-order valence-electron chi connectivity index (χ3n) is 3.56. The van der Waals surface area contributed by atoms with Crippen LogP contribution in [0.4, 0.5) is 0 Å². The largest absolute Gasteiger partial charge is 0.504 e. The van der Waals surface area contributed by atoms with Crippen molar-refractivity contribution in [2.24, 2.45) is 5.73 Å². The van der Waals surface area contributed by atoms with E-state index in [1.165, 1.54) is 12.8 Å². The Morgan fingerprint density at radius 2 is 1.94 bits per heavy atom. The summed E-state index contributed by atoms with van der Waals surface area (Å²) in [6.07, 6.45) is 4.39. The number of nitrogens with two attached hydrogens (primary N) is 1. The summed E-state index contributed by atoms with van der Waals surface area (Å²) >= 11 is 0. The molecule has 0 aromatic heterocycles. The van der Waals surface area contributed by atoms with Gasteiger partial charge in [-0.15, -0.1) is 0 Å². The molecule has 0 amide bonds. The molecule has 0 atom stereocenters. The second-order valence-corrected chi connectivity index (χ2v) is 4.71. The highest BCUT2D eigenvalue weighted by Gasteiger charge is 2.32. The lowest BCUT2D eigenvalue weighted by atomic mass is 9.88. The summed E-state index contributed by atoms with van der Waals surface area (Å²) in [5.74, 6) is 0.736. The monoisotopic (exact) mass is 221 g/mol. The Morgan fingerprint density at radius 3 is 2.50 bits per heavy atom. The number of methoxy groups -OCH3 is 1. The summed E-state index contributed by atoms with van der Waals surface area (Å²) < 4.78 is 5.17. The molecule has 1 aromatic rings. The number of hydrogen-bond donors (Lipinski definition) is 2. The van der Waals surface area contributed by atoms with Crippen LogP contribution in [0.1, 0.15) is 36.8 Å². The molecular formula is C13H19NO2. The van der Waals surface area contributed by atoms with Crippen molar-refractivity contribution in [2.45, 2.75) is 38.1 Å². The van der Waals surface area contributed by atoms with Crippen LogP contribution in [0.3, 0.4) is 0 Å². The van der Waals surface area contributed by atoms with Crippen molar-refractivity contribution in [3.8, 4) is 11.5 Å². The van der Waals surface area contributed by atoms with Gasteiger partial charge < -0.3 is 15.6 Å². The minimum atomic E-state index is -0.230. The van der Waals surface area contributed by atoms with Gasteiger partial charge in [0.2, 0.25) is 0 Å². The van der Waals surface area contributed by atoms with E-state index in [9.17, 15) is 5.11 Å². The smallest absolute Gasteiger partial charge is 0.161 e. The zero-order chi connectivity index (χ0) is 11.8. The van der Waals surface area contributed by atoms with E-state index in [2.05, 4.69) is 0 Å². The first-order chi connectivity index (χ1) is 7.57. The van der Waals surface area contributed by atoms with E-state index in [0.717, 1.165) is 24.0 Å². The molecule has 1 fully saturated rings. The second kappa shape index (κ2) is 3.98. The Hall–Kier alpha value is -1.22. The first-order valence-electron chi connectivity index (χ1n) is 5.74. The van der Waals surface area contributed by atoms with Crippen LogP contribution >= 0.6 is 0 Å². The average molecular weight is 221 g/mol. The van der Waals surface area contributed by atoms with Crippen molar-refractivity contribution in [3.63, 3.8) is 0 Å². The van der Waals surface area contributed by atoms with Crippen molar-refractivity contribution < 1.29 is 9.84 Å². The van der Waals surface area contributed by atoms with Crippen molar-refractivity contribution in [2.75, 3.05) is 7.11 Å². The third kappa shape index (κ3) is 1.76. The van der Waals surface area contributed by atoms with Crippen LogP contribution in [-0.2, 0) is 5.54 Å². The molecule has 0 radical (unpaired) electrons. The molecule has 0 heterocycles. The van der Waals surface area contributed by atoms with Gasteiger partial charge >= 0.3 is 0 Å². The van der Waals surface area contributed by atoms with E-state index in [0.29, 0.717) is 5.75 Å². The molecule has 3 nitrogen and oxygen atoms in total. The van der Waals surface area contributed by atoms with Gasteiger partial charge in [-0.3, -0.25) is 0 Å². The molecule has 0 bridgehead atoms. The topological polar surface area (TPSA) is 55.5 Å². The summed E-state index contributed by atoms with van der Waals surface area (Å²) in [7, 11) is 1.57. The Morgan fingerprint density at radius 1 is 1.31 bits per heavy atom. The van der Waals surface area contributed by atoms with Crippen LogP contribution in [0.15, 0.2) is 12.1 Å². The van der Waals surface area contributed by atoms with Gasteiger partial charge in [-0.1, -0.05) is 18.9 Å². The number of phenolic OH excluding ortho intramolecular Hbond substituents is 1. The van der Waals surface area contributed by atoms with Gasteiger partial charge in [-0.05, 0) is 37.0 Å². The highest BCUT2D eigenvalue weighted by atomic mass is 16.5. The molecule has 1 aliphatic rings. The summed E-state index contributed by atoms with van der Waals surface area (Å²) in [6, 6.07) is 3.84. The van der Waals surface area contributed by atoms with Crippen molar-refractivity contribution in [1.29, 1.82) is 0 Å². The van der Waals surface area contributed by atoms with E-state index in [1.807, 2.05) is 19.1 Å². The van der Waals surface area contributed by atoms with Gasteiger partial charge in [0, 0.05) is 5.54 Å². The second-order valence-electron chi connectivity index (χ2n) is 4.71. The summed E-state index contributed by atoms with van der Waals surface area (Å²) in [6.45, 7) is 1.87. The summed E-state index contributed by atoms with van der Waals surface area (Å²) in [5.41, 5.74) is 8.06. The van der Waals surface area contributed by atoms with E-state index >= 15 is 0 Å². The molecule has 0 saturated heterocycles. The molecule has 3 N–H and O–H groups in total. The average Bonchev–Trinajstić information content (AvgIpc) is 2.70. The molecule has 3 heteroatoms. The standard InChI is InChI=1S/C13H19NO2/c1-9-7-10(8-11(16-2)12(9)15)13(14)5-3-4-6-13/h7-8,15H,3-6,14H2,1-2H3. The fourth-order valence-electron chi connectivity index (χ4n) is 2.48. The Balaban J connectivity index is 2.45. The zero-order valence-electron chi connectivity index (χ0n) is 9.92. The highest BCUT2D eigenvalue weighted by Crippen LogP contribution is 2.40. The van der Waals surface area contributed by atoms with Crippen LogP contribution in [-0.4, -0.2) is 12.2 Å². The summed E-state index contributed by atoms with van der Waals surface area (Å²) in [5, 5.41) is 9.78. The molecule has 1 aliphatic carbocycles. The van der Waals surface area contributed by atoms with Crippen molar-refractivity contribution >= 4 is 0 Å². The van der Waals surface area contributed by atoms with Crippen molar-refractivity contribution in [1.82, 2.24) is 0 Å². The van der Waals surface area contributed by atoms with Crippen LogP contribution in [0.5, 0.6) is 11.5 Å².